The predicted molar refractivity (Wildman–Crippen MR) is 93.5 cm³/mol. The van der Waals surface area contributed by atoms with Crippen molar-refractivity contribution in [3.63, 3.8) is 0 Å². The molecule has 23 heavy (non-hydrogen) atoms. The molecule has 2 rings (SSSR count). The second-order valence-corrected chi connectivity index (χ2v) is 8.73. The van der Waals surface area contributed by atoms with Crippen LogP contribution in [0.25, 0.3) is 0 Å². The molecule has 0 saturated heterocycles. The first kappa shape index (κ1) is 17.5. The minimum Gasteiger partial charge on any atom is -0.379 e. The number of fused-ring (bicyclic) bond motifs is 1. The van der Waals surface area contributed by atoms with Gasteiger partial charge in [-0.25, -0.2) is 8.42 Å². The highest BCUT2D eigenvalue weighted by atomic mass is 32.2. The monoisotopic (exact) mass is 336 g/mol. The number of carbonyl (C=O) groups excluding carboxylic acids is 1. The molecule has 0 fully saturated rings. The van der Waals surface area contributed by atoms with Crippen LogP contribution in [0.1, 0.15) is 49.0 Å². The van der Waals surface area contributed by atoms with E-state index in [1.54, 1.807) is 6.07 Å². The first-order valence-electron chi connectivity index (χ1n) is 7.65. The van der Waals surface area contributed by atoms with Crippen LogP contribution in [-0.4, -0.2) is 32.7 Å². The van der Waals surface area contributed by atoms with Gasteiger partial charge < -0.3 is 10.6 Å². The van der Waals surface area contributed by atoms with Gasteiger partial charge in [0, 0.05) is 23.7 Å². The minimum atomic E-state index is -3.17. The van der Waals surface area contributed by atoms with Crippen LogP contribution in [0.15, 0.2) is 29.7 Å². The van der Waals surface area contributed by atoms with Crippen molar-refractivity contribution in [3.8, 4) is 0 Å². The number of nitrogens with one attached hydrogen (secondary N) is 2. The van der Waals surface area contributed by atoms with Gasteiger partial charge in [-0.2, -0.15) is 0 Å². The second kappa shape index (κ2) is 6.35. The van der Waals surface area contributed by atoms with Crippen molar-refractivity contribution in [2.75, 3.05) is 18.1 Å². The van der Waals surface area contributed by atoms with Crippen molar-refractivity contribution in [1.29, 1.82) is 0 Å². The van der Waals surface area contributed by atoms with Gasteiger partial charge in [0.1, 0.15) is 0 Å². The van der Waals surface area contributed by atoms with E-state index in [0.717, 1.165) is 29.3 Å². The molecule has 1 aliphatic heterocycles. The number of anilines is 1. The molecule has 6 heteroatoms. The summed E-state index contributed by atoms with van der Waals surface area (Å²) in [6.45, 7) is 6.58. The van der Waals surface area contributed by atoms with E-state index in [1.165, 1.54) is 6.08 Å². The molecule has 1 amide bonds. The van der Waals surface area contributed by atoms with Crippen LogP contribution in [-0.2, 0) is 9.84 Å². The zero-order chi connectivity index (χ0) is 17.3. The lowest BCUT2D eigenvalue weighted by molar-refractivity contribution is 0.0958. The van der Waals surface area contributed by atoms with Gasteiger partial charge in [0.15, 0.2) is 9.84 Å². The summed E-state index contributed by atoms with van der Waals surface area (Å²) in [5.41, 5.74) is 2.54. The Morgan fingerprint density at radius 3 is 2.78 bits per heavy atom. The number of carbonyl (C=O) groups is 1. The fourth-order valence-corrected chi connectivity index (χ4v) is 3.49. The van der Waals surface area contributed by atoms with Crippen LogP contribution in [0.3, 0.4) is 0 Å². The van der Waals surface area contributed by atoms with E-state index in [-0.39, 0.29) is 18.0 Å². The van der Waals surface area contributed by atoms with Crippen molar-refractivity contribution >= 4 is 21.4 Å². The third-order valence-electron chi connectivity index (χ3n) is 3.88. The van der Waals surface area contributed by atoms with Gasteiger partial charge in [0.2, 0.25) is 0 Å². The summed E-state index contributed by atoms with van der Waals surface area (Å²) in [4.78, 5) is 12.4. The van der Waals surface area contributed by atoms with Crippen LogP contribution in [0.2, 0.25) is 0 Å². The summed E-state index contributed by atoms with van der Waals surface area (Å²) in [6, 6.07) is 5.72. The van der Waals surface area contributed by atoms with Gasteiger partial charge in [-0.15, -0.1) is 0 Å². The summed E-state index contributed by atoms with van der Waals surface area (Å²) < 4.78 is 22.1. The molecule has 0 spiro atoms. The van der Waals surface area contributed by atoms with Crippen molar-refractivity contribution in [2.24, 2.45) is 0 Å². The maximum Gasteiger partial charge on any atom is 0.253 e. The molecule has 126 valence electrons. The third kappa shape index (κ3) is 4.58. The van der Waals surface area contributed by atoms with Crippen LogP contribution in [0, 0.1) is 0 Å². The molecule has 0 radical (unpaired) electrons. The normalized spacial score (nSPS) is 19.9. The second-order valence-electron chi connectivity index (χ2n) is 6.80. The highest BCUT2D eigenvalue weighted by Gasteiger charge is 2.31. The first-order chi connectivity index (χ1) is 10.6. The lowest BCUT2D eigenvalue weighted by Gasteiger charge is -2.38. The van der Waals surface area contributed by atoms with E-state index in [4.69, 9.17) is 0 Å². The number of benzene rings is 1. The highest BCUT2D eigenvalue weighted by molar-refractivity contribution is 7.93. The van der Waals surface area contributed by atoms with Crippen LogP contribution < -0.4 is 10.6 Å². The van der Waals surface area contributed by atoms with Crippen molar-refractivity contribution in [2.45, 2.75) is 38.6 Å². The van der Waals surface area contributed by atoms with Gasteiger partial charge in [0.25, 0.3) is 5.91 Å². The number of sulfone groups is 1. The molecule has 0 aromatic heterocycles. The summed E-state index contributed by atoms with van der Waals surface area (Å²) in [5.74, 6) is 0.163. The summed E-state index contributed by atoms with van der Waals surface area (Å²) in [6.07, 6.45) is 3.55. The molecule has 1 heterocycles. The van der Waals surface area contributed by atoms with Gasteiger partial charge in [-0.1, -0.05) is 25.1 Å². The van der Waals surface area contributed by atoms with Crippen molar-refractivity contribution in [3.05, 3.63) is 40.8 Å². The molecule has 0 aliphatic carbocycles. The molecule has 5 nitrogen and oxygen atoms in total. The number of amides is 1. The largest absolute Gasteiger partial charge is 0.379 e. The number of hydrogen-bond acceptors (Lipinski definition) is 4. The number of hydrogen-bond donors (Lipinski definition) is 2. The molecular weight excluding hydrogens is 312 g/mol. The number of para-hydroxylation sites is 1. The van der Waals surface area contributed by atoms with Crippen LogP contribution in [0.5, 0.6) is 0 Å². The molecule has 1 aromatic carbocycles. The SMILES string of the molecule is C[C@@H]1CC(C)(C)Nc2c(C(=O)NC/C=C/S(C)(=O)=O)cccc21. The maximum atomic E-state index is 12.4. The van der Waals surface area contributed by atoms with E-state index in [2.05, 4.69) is 31.4 Å². The predicted octanol–water partition coefficient (Wildman–Crippen LogP) is 2.67. The average Bonchev–Trinajstić information content (AvgIpc) is 2.40. The molecular formula is C17H24N2O3S. The standard InChI is InChI=1S/C17H24N2O3S/c1-12-11-17(2,3)19-15-13(12)7-5-8-14(15)16(20)18-9-6-10-23(4,21)22/h5-8,10,12,19H,9,11H2,1-4H3,(H,18,20)/b10-6+/t12-/m1/s1. The Morgan fingerprint density at radius 2 is 2.13 bits per heavy atom. The molecule has 0 bridgehead atoms. The molecule has 1 aliphatic rings. The Hall–Kier alpha value is -1.82. The zero-order valence-electron chi connectivity index (χ0n) is 14.0. The van der Waals surface area contributed by atoms with E-state index < -0.39 is 9.84 Å². The van der Waals surface area contributed by atoms with Crippen LogP contribution >= 0.6 is 0 Å². The highest BCUT2D eigenvalue weighted by Crippen LogP contribution is 2.40. The topological polar surface area (TPSA) is 75.3 Å². The number of rotatable bonds is 4. The van der Waals surface area contributed by atoms with E-state index in [9.17, 15) is 13.2 Å². The Balaban J connectivity index is 2.19. The summed E-state index contributed by atoms with van der Waals surface area (Å²) in [5, 5.41) is 7.28. The van der Waals surface area contributed by atoms with Crippen molar-refractivity contribution in [1.82, 2.24) is 5.32 Å². The van der Waals surface area contributed by atoms with Crippen molar-refractivity contribution < 1.29 is 13.2 Å². The maximum absolute atomic E-state index is 12.4. The van der Waals surface area contributed by atoms with Gasteiger partial charge in [-0.05, 0) is 37.8 Å². The van der Waals surface area contributed by atoms with E-state index in [0.29, 0.717) is 11.5 Å². The van der Waals surface area contributed by atoms with E-state index >= 15 is 0 Å². The lowest BCUT2D eigenvalue weighted by atomic mass is 9.81. The molecule has 1 aromatic rings. The Kier molecular flexibility index (Phi) is 4.84. The molecule has 0 saturated carbocycles. The van der Waals surface area contributed by atoms with E-state index in [1.807, 2.05) is 12.1 Å². The summed E-state index contributed by atoms with van der Waals surface area (Å²) >= 11 is 0. The fourth-order valence-electron chi connectivity index (χ4n) is 3.04. The Morgan fingerprint density at radius 1 is 1.43 bits per heavy atom. The average molecular weight is 336 g/mol. The zero-order valence-corrected chi connectivity index (χ0v) is 14.8. The Labute approximate surface area is 138 Å². The Bertz CT molecular complexity index is 736. The van der Waals surface area contributed by atoms with Gasteiger partial charge >= 0.3 is 0 Å². The molecule has 2 N–H and O–H groups in total. The fraction of sp³-hybridized carbons (Fsp3) is 0.471. The first-order valence-corrected chi connectivity index (χ1v) is 9.60. The molecule has 1 atom stereocenters. The van der Waals surface area contributed by atoms with Crippen LogP contribution in [0.4, 0.5) is 5.69 Å². The third-order valence-corrected chi connectivity index (χ3v) is 4.56. The van der Waals surface area contributed by atoms with Gasteiger partial charge in [0.05, 0.1) is 11.3 Å². The van der Waals surface area contributed by atoms with Gasteiger partial charge in [-0.3, -0.25) is 4.79 Å². The quantitative estimate of drug-likeness (QED) is 0.886. The summed E-state index contributed by atoms with van der Waals surface area (Å²) in [7, 11) is -3.17. The lowest BCUT2D eigenvalue weighted by Crippen LogP contribution is -2.38. The smallest absolute Gasteiger partial charge is 0.253 e. The molecule has 0 unspecified atom stereocenters. The minimum absolute atomic E-state index is 0.0704.